The first kappa shape index (κ1) is 20.0. The number of hydrogen-bond donors (Lipinski definition) is 4. The summed E-state index contributed by atoms with van der Waals surface area (Å²) in [4.78, 5) is 30.5. The summed E-state index contributed by atoms with van der Waals surface area (Å²) in [5, 5.41) is 15.5. The number of nitrogens with zero attached hydrogens (tertiary/aromatic N) is 1. The average Bonchev–Trinajstić information content (AvgIpc) is 3.50. The second-order valence-corrected chi connectivity index (χ2v) is 7.81. The normalized spacial score (nSPS) is 14.3. The Labute approximate surface area is 177 Å². The molecule has 1 fully saturated rings. The second-order valence-electron chi connectivity index (χ2n) is 7.40. The molecule has 156 valence electrons. The van der Waals surface area contributed by atoms with E-state index in [0.717, 1.165) is 5.39 Å². The lowest BCUT2D eigenvalue weighted by atomic mass is 10.1. The largest absolute Gasteiger partial charge is 0.492 e. The van der Waals surface area contributed by atoms with Crippen LogP contribution in [-0.2, 0) is 0 Å². The first-order valence-corrected chi connectivity index (χ1v) is 9.98. The zero-order valence-electron chi connectivity index (χ0n) is 16.2. The van der Waals surface area contributed by atoms with E-state index in [1.54, 1.807) is 24.3 Å². The van der Waals surface area contributed by atoms with Gasteiger partial charge in [-0.05, 0) is 43.9 Å². The van der Waals surface area contributed by atoms with Crippen LogP contribution in [0.15, 0.2) is 41.3 Å². The minimum atomic E-state index is -1.16. The number of anilines is 2. The van der Waals surface area contributed by atoms with Crippen LogP contribution in [-0.4, -0.2) is 27.8 Å². The lowest BCUT2D eigenvalue weighted by Gasteiger charge is -2.16. The van der Waals surface area contributed by atoms with Crippen molar-refractivity contribution in [2.45, 2.75) is 25.8 Å². The SMILES string of the molecule is C[C@H](Nc1cc(NC(=O)O)ccn1)c1cc2cc(Cl)c(OCC3CC3)cc2[nH]c1=O. The van der Waals surface area contributed by atoms with Gasteiger partial charge >= 0.3 is 6.09 Å². The van der Waals surface area contributed by atoms with Crippen molar-refractivity contribution in [3.05, 3.63) is 57.5 Å². The van der Waals surface area contributed by atoms with Crippen molar-refractivity contribution in [3.8, 4) is 5.75 Å². The molecule has 1 aliphatic carbocycles. The van der Waals surface area contributed by atoms with Gasteiger partial charge in [-0.3, -0.25) is 10.1 Å². The molecule has 2 aromatic heterocycles. The summed E-state index contributed by atoms with van der Waals surface area (Å²) in [5.74, 6) is 1.61. The van der Waals surface area contributed by atoms with E-state index in [9.17, 15) is 9.59 Å². The van der Waals surface area contributed by atoms with Gasteiger partial charge in [-0.15, -0.1) is 0 Å². The van der Waals surface area contributed by atoms with E-state index >= 15 is 0 Å². The van der Waals surface area contributed by atoms with Gasteiger partial charge in [0.1, 0.15) is 11.6 Å². The fourth-order valence-electron chi connectivity index (χ4n) is 3.16. The number of nitrogens with one attached hydrogen (secondary N) is 3. The maximum absolute atomic E-state index is 12.7. The molecule has 0 aliphatic heterocycles. The molecule has 0 unspecified atom stereocenters. The maximum Gasteiger partial charge on any atom is 0.409 e. The smallest absolute Gasteiger partial charge is 0.409 e. The topological polar surface area (TPSA) is 116 Å². The van der Waals surface area contributed by atoms with Gasteiger partial charge in [0.05, 0.1) is 23.2 Å². The first-order chi connectivity index (χ1) is 14.4. The third kappa shape index (κ3) is 4.65. The number of halogens is 1. The van der Waals surface area contributed by atoms with E-state index in [1.165, 1.54) is 25.1 Å². The molecular weight excluding hydrogens is 408 g/mol. The zero-order chi connectivity index (χ0) is 21.3. The fraction of sp³-hybridized carbons (Fsp3) is 0.286. The number of hydrogen-bond acceptors (Lipinski definition) is 5. The van der Waals surface area contributed by atoms with Crippen molar-refractivity contribution < 1.29 is 14.6 Å². The molecule has 2 heterocycles. The van der Waals surface area contributed by atoms with Crippen LogP contribution in [0.4, 0.5) is 16.3 Å². The molecule has 3 aromatic rings. The molecular formula is C21H21ClN4O4. The molecule has 0 bridgehead atoms. The highest BCUT2D eigenvalue weighted by molar-refractivity contribution is 6.32. The molecule has 1 atom stereocenters. The van der Waals surface area contributed by atoms with Crippen LogP contribution in [0, 0.1) is 5.92 Å². The van der Waals surface area contributed by atoms with E-state index in [-0.39, 0.29) is 11.6 Å². The molecule has 30 heavy (non-hydrogen) atoms. The molecule has 4 rings (SSSR count). The summed E-state index contributed by atoms with van der Waals surface area (Å²) in [5.41, 5.74) is 1.29. The van der Waals surface area contributed by atoms with Gasteiger partial charge in [0.25, 0.3) is 5.56 Å². The van der Waals surface area contributed by atoms with Gasteiger partial charge in [-0.2, -0.15) is 0 Å². The summed E-state index contributed by atoms with van der Waals surface area (Å²) in [7, 11) is 0. The van der Waals surface area contributed by atoms with Crippen LogP contribution >= 0.6 is 11.6 Å². The Bertz CT molecular complexity index is 1160. The summed E-state index contributed by atoms with van der Waals surface area (Å²) < 4.78 is 5.78. The molecule has 1 aromatic carbocycles. The molecule has 8 nitrogen and oxygen atoms in total. The number of carboxylic acid groups (broad SMARTS) is 1. The number of benzene rings is 1. The lowest BCUT2D eigenvalue weighted by Crippen LogP contribution is -2.20. The van der Waals surface area contributed by atoms with E-state index < -0.39 is 6.09 Å². The number of fused-ring (bicyclic) bond motifs is 1. The van der Waals surface area contributed by atoms with Crippen LogP contribution in [0.3, 0.4) is 0 Å². The van der Waals surface area contributed by atoms with Crippen molar-refractivity contribution in [2.75, 3.05) is 17.2 Å². The molecule has 1 aliphatic rings. The van der Waals surface area contributed by atoms with Crippen molar-refractivity contribution in [1.29, 1.82) is 0 Å². The summed E-state index contributed by atoms with van der Waals surface area (Å²) >= 11 is 6.37. The molecule has 1 amide bonds. The average molecular weight is 429 g/mol. The predicted octanol–water partition coefficient (Wildman–Crippen LogP) is 4.63. The number of rotatable bonds is 7. The monoisotopic (exact) mass is 428 g/mol. The van der Waals surface area contributed by atoms with Crippen LogP contribution in [0.25, 0.3) is 10.9 Å². The van der Waals surface area contributed by atoms with Gasteiger partial charge in [-0.1, -0.05) is 11.6 Å². The van der Waals surface area contributed by atoms with Gasteiger partial charge in [0, 0.05) is 35.0 Å². The number of aromatic nitrogens is 2. The fourth-order valence-corrected chi connectivity index (χ4v) is 3.39. The van der Waals surface area contributed by atoms with Crippen LogP contribution in [0.1, 0.15) is 31.4 Å². The molecule has 0 saturated heterocycles. The summed E-state index contributed by atoms with van der Waals surface area (Å²) in [6.07, 6.45) is 2.68. The van der Waals surface area contributed by atoms with Gasteiger partial charge < -0.3 is 20.1 Å². The van der Waals surface area contributed by atoms with E-state index in [1.807, 2.05) is 6.92 Å². The van der Waals surface area contributed by atoms with Crippen LogP contribution in [0.5, 0.6) is 5.75 Å². The third-order valence-electron chi connectivity index (χ3n) is 4.94. The minimum Gasteiger partial charge on any atom is -0.492 e. The lowest BCUT2D eigenvalue weighted by molar-refractivity contribution is 0.210. The minimum absolute atomic E-state index is 0.238. The van der Waals surface area contributed by atoms with Gasteiger partial charge in [0.2, 0.25) is 0 Å². The maximum atomic E-state index is 12.7. The molecule has 0 radical (unpaired) electrons. The predicted molar refractivity (Wildman–Crippen MR) is 116 cm³/mol. The zero-order valence-corrected chi connectivity index (χ0v) is 17.0. The Morgan fingerprint density at radius 2 is 2.17 bits per heavy atom. The van der Waals surface area contributed by atoms with Gasteiger partial charge in [-0.25, -0.2) is 9.78 Å². The van der Waals surface area contributed by atoms with E-state index in [2.05, 4.69) is 20.6 Å². The highest BCUT2D eigenvalue weighted by atomic mass is 35.5. The van der Waals surface area contributed by atoms with Crippen LogP contribution in [0.2, 0.25) is 5.02 Å². The Morgan fingerprint density at radius 1 is 1.37 bits per heavy atom. The molecule has 4 N–H and O–H groups in total. The van der Waals surface area contributed by atoms with E-state index in [0.29, 0.717) is 45.9 Å². The van der Waals surface area contributed by atoms with Crippen molar-refractivity contribution in [3.63, 3.8) is 0 Å². The highest BCUT2D eigenvalue weighted by Gasteiger charge is 2.22. The first-order valence-electron chi connectivity index (χ1n) is 9.61. The quantitative estimate of drug-likeness (QED) is 0.436. The van der Waals surface area contributed by atoms with Crippen molar-refractivity contribution in [2.24, 2.45) is 5.92 Å². The number of pyridine rings is 2. The Hall–Kier alpha value is -3.26. The number of amides is 1. The Kier molecular flexibility index (Phi) is 5.50. The van der Waals surface area contributed by atoms with Crippen LogP contribution < -0.4 is 20.9 Å². The highest BCUT2D eigenvalue weighted by Crippen LogP contribution is 2.34. The van der Waals surface area contributed by atoms with Crippen molar-refractivity contribution in [1.82, 2.24) is 9.97 Å². The number of carbonyl (C=O) groups is 1. The molecule has 0 spiro atoms. The third-order valence-corrected chi connectivity index (χ3v) is 5.23. The Balaban J connectivity index is 1.57. The Morgan fingerprint density at radius 3 is 2.90 bits per heavy atom. The number of H-pyrrole nitrogens is 1. The van der Waals surface area contributed by atoms with E-state index in [4.69, 9.17) is 21.4 Å². The number of aromatic amines is 1. The number of ether oxygens (including phenoxy) is 1. The summed E-state index contributed by atoms with van der Waals surface area (Å²) in [6, 6.07) is 8.03. The summed E-state index contributed by atoms with van der Waals surface area (Å²) in [6.45, 7) is 2.46. The molecule has 9 heteroatoms. The van der Waals surface area contributed by atoms with Gasteiger partial charge in [0.15, 0.2) is 0 Å². The standard InChI is InChI=1S/C21H21ClN4O4/c1-11(24-19-8-14(4-5-23-19)25-21(28)29)15-6-13-7-16(22)18(30-10-12-2-3-12)9-17(13)26-20(15)27/h4-9,11-12H,2-3,10H2,1H3,(H,26,27)(H,28,29)(H2,23,24,25)/t11-/m0/s1. The second kappa shape index (κ2) is 8.23. The molecule has 1 saturated carbocycles. The van der Waals surface area contributed by atoms with Crippen molar-refractivity contribution >= 4 is 40.1 Å².